The van der Waals surface area contributed by atoms with Gasteiger partial charge in [-0.2, -0.15) is 0 Å². The molecule has 0 atom stereocenters. The number of rotatable bonds is 9. The Morgan fingerprint density at radius 1 is 1.07 bits per heavy atom. The zero-order valence-corrected chi connectivity index (χ0v) is 16.8. The molecule has 0 spiro atoms. The van der Waals surface area contributed by atoms with E-state index in [1.807, 2.05) is 44.2 Å². The molecule has 0 aliphatic carbocycles. The third-order valence-electron chi connectivity index (χ3n) is 4.75. The maximum atomic E-state index is 9.14. The lowest BCUT2D eigenvalue weighted by atomic mass is 10.1. The maximum Gasteiger partial charge on any atom is 0.119 e. The number of aliphatic hydroxyl groups is 1. The van der Waals surface area contributed by atoms with Gasteiger partial charge in [-0.05, 0) is 68.5 Å². The van der Waals surface area contributed by atoms with Crippen molar-refractivity contribution in [1.29, 1.82) is 0 Å². The van der Waals surface area contributed by atoms with Crippen molar-refractivity contribution >= 4 is 22.6 Å². The first-order chi connectivity index (χ1) is 13.1. The predicted octanol–water partition coefficient (Wildman–Crippen LogP) is 5.09. The molecule has 0 amide bonds. The lowest BCUT2D eigenvalue weighted by molar-refractivity contribution is 0.286. The van der Waals surface area contributed by atoms with Gasteiger partial charge in [0, 0.05) is 24.6 Å². The van der Waals surface area contributed by atoms with Crippen molar-refractivity contribution in [2.45, 2.75) is 46.1 Å². The molecule has 0 saturated heterocycles. The number of hydrogen-bond donors (Lipinski definition) is 1. The van der Waals surface area contributed by atoms with Gasteiger partial charge in [0.25, 0.3) is 0 Å². The first kappa shape index (κ1) is 19.7. The minimum Gasteiger partial charge on any atom is -0.494 e. The zero-order chi connectivity index (χ0) is 19.2. The summed E-state index contributed by atoms with van der Waals surface area (Å²) >= 11 is 6.21. The van der Waals surface area contributed by atoms with E-state index in [1.54, 1.807) is 0 Å². The number of para-hydroxylation sites is 2. The average Bonchev–Trinajstić information content (AvgIpc) is 3.01. The second-order valence-corrected chi connectivity index (χ2v) is 7.30. The molecule has 1 N–H and O–H groups in total. The molecular formula is C22H27ClN2O2. The molecule has 0 unspecified atom stereocenters. The fourth-order valence-corrected chi connectivity index (χ4v) is 3.46. The summed E-state index contributed by atoms with van der Waals surface area (Å²) in [4.78, 5) is 4.73. The average molecular weight is 387 g/mol. The number of nitrogens with zero attached hydrogens (tertiary/aromatic N) is 2. The number of aromatic nitrogens is 2. The van der Waals surface area contributed by atoms with E-state index in [-0.39, 0.29) is 6.61 Å². The van der Waals surface area contributed by atoms with Gasteiger partial charge >= 0.3 is 0 Å². The van der Waals surface area contributed by atoms with E-state index in [2.05, 4.69) is 10.6 Å². The molecule has 0 fully saturated rings. The molecule has 0 aliphatic rings. The molecule has 5 heteroatoms. The van der Waals surface area contributed by atoms with Crippen LogP contribution in [0.4, 0.5) is 0 Å². The van der Waals surface area contributed by atoms with E-state index in [9.17, 15) is 0 Å². The van der Waals surface area contributed by atoms with E-state index in [1.165, 1.54) is 0 Å². The molecule has 0 bridgehead atoms. The third-order valence-corrected chi connectivity index (χ3v) is 5.34. The molecule has 3 aromatic rings. The van der Waals surface area contributed by atoms with Crippen molar-refractivity contribution in [3.63, 3.8) is 0 Å². The van der Waals surface area contributed by atoms with Gasteiger partial charge in [-0.1, -0.05) is 23.7 Å². The maximum absolute atomic E-state index is 9.14. The van der Waals surface area contributed by atoms with E-state index >= 15 is 0 Å². The minimum atomic E-state index is 0.191. The molecular weight excluding hydrogens is 360 g/mol. The first-order valence-electron chi connectivity index (χ1n) is 9.54. The van der Waals surface area contributed by atoms with Crippen LogP contribution in [-0.2, 0) is 13.0 Å². The van der Waals surface area contributed by atoms with Gasteiger partial charge < -0.3 is 14.4 Å². The molecule has 0 aliphatic heterocycles. The molecule has 0 saturated carbocycles. The third kappa shape index (κ3) is 4.82. The van der Waals surface area contributed by atoms with Crippen LogP contribution in [0.5, 0.6) is 5.75 Å². The summed E-state index contributed by atoms with van der Waals surface area (Å²) in [6.07, 6.45) is 3.51. The Morgan fingerprint density at radius 3 is 2.56 bits per heavy atom. The number of halogens is 1. The van der Waals surface area contributed by atoms with Crippen LogP contribution < -0.4 is 4.74 Å². The van der Waals surface area contributed by atoms with Crippen LogP contribution in [0.1, 0.15) is 36.2 Å². The number of benzene rings is 2. The van der Waals surface area contributed by atoms with E-state index in [0.29, 0.717) is 6.61 Å². The highest BCUT2D eigenvalue weighted by Gasteiger charge is 2.10. The van der Waals surface area contributed by atoms with Crippen LogP contribution >= 0.6 is 11.6 Å². The predicted molar refractivity (Wildman–Crippen MR) is 111 cm³/mol. The molecule has 4 nitrogen and oxygen atoms in total. The lowest BCUT2D eigenvalue weighted by Crippen LogP contribution is -2.07. The van der Waals surface area contributed by atoms with Gasteiger partial charge in [-0.25, -0.2) is 4.98 Å². The van der Waals surface area contributed by atoms with Gasteiger partial charge in [0.1, 0.15) is 11.6 Å². The summed E-state index contributed by atoms with van der Waals surface area (Å²) in [6.45, 7) is 5.78. The Bertz CT molecular complexity index is 881. The fraction of sp³-hybridized carbons (Fsp3) is 0.409. The van der Waals surface area contributed by atoms with Crippen molar-refractivity contribution in [1.82, 2.24) is 9.55 Å². The number of imidazole rings is 1. The van der Waals surface area contributed by atoms with E-state index < -0.39 is 0 Å². The second kappa shape index (κ2) is 9.25. The van der Waals surface area contributed by atoms with Crippen LogP contribution in [0, 0.1) is 13.8 Å². The quantitative estimate of drug-likeness (QED) is 0.521. The Labute approximate surface area is 165 Å². The standard InChI is InChI=1S/C22H27ClN2O2/c1-16-14-18(15-17(2)22(16)23)27-13-6-5-11-25-20-9-4-3-8-19(20)24-21(25)10-7-12-26/h3-4,8-9,14-15,26H,5-7,10-13H2,1-2H3. The van der Waals surface area contributed by atoms with Crippen LogP contribution in [-0.4, -0.2) is 27.9 Å². The van der Waals surface area contributed by atoms with E-state index in [4.69, 9.17) is 26.4 Å². The monoisotopic (exact) mass is 386 g/mol. The highest BCUT2D eigenvalue weighted by atomic mass is 35.5. The molecule has 1 aromatic heterocycles. The number of ether oxygens (including phenoxy) is 1. The van der Waals surface area contributed by atoms with Crippen molar-refractivity contribution < 1.29 is 9.84 Å². The number of aryl methyl sites for hydroxylation is 4. The van der Waals surface area contributed by atoms with Crippen LogP contribution in [0.2, 0.25) is 5.02 Å². The van der Waals surface area contributed by atoms with Gasteiger partial charge in [-0.3, -0.25) is 0 Å². The zero-order valence-electron chi connectivity index (χ0n) is 16.0. The highest BCUT2D eigenvalue weighted by Crippen LogP contribution is 2.26. The smallest absolute Gasteiger partial charge is 0.119 e. The molecule has 1 heterocycles. The van der Waals surface area contributed by atoms with Gasteiger partial charge in [0.2, 0.25) is 0 Å². The molecule has 27 heavy (non-hydrogen) atoms. The summed E-state index contributed by atoms with van der Waals surface area (Å²) in [6, 6.07) is 12.2. The number of aliphatic hydroxyl groups excluding tert-OH is 1. The van der Waals surface area contributed by atoms with Gasteiger partial charge in [0.15, 0.2) is 0 Å². The molecule has 2 aromatic carbocycles. The number of unbranched alkanes of at least 4 members (excludes halogenated alkanes) is 1. The summed E-state index contributed by atoms with van der Waals surface area (Å²) < 4.78 is 8.19. The highest BCUT2D eigenvalue weighted by molar-refractivity contribution is 6.32. The molecule has 0 radical (unpaired) electrons. The second-order valence-electron chi connectivity index (χ2n) is 6.92. The largest absolute Gasteiger partial charge is 0.494 e. The van der Waals surface area contributed by atoms with Gasteiger partial charge in [-0.15, -0.1) is 0 Å². The topological polar surface area (TPSA) is 47.3 Å². The van der Waals surface area contributed by atoms with Crippen LogP contribution in [0.15, 0.2) is 36.4 Å². The van der Waals surface area contributed by atoms with Crippen molar-refractivity contribution in [2.75, 3.05) is 13.2 Å². The van der Waals surface area contributed by atoms with Crippen molar-refractivity contribution in [3.8, 4) is 5.75 Å². The van der Waals surface area contributed by atoms with Crippen molar-refractivity contribution in [2.24, 2.45) is 0 Å². The lowest BCUT2D eigenvalue weighted by Gasteiger charge is -2.11. The van der Waals surface area contributed by atoms with E-state index in [0.717, 1.165) is 71.0 Å². The van der Waals surface area contributed by atoms with Crippen molar-refractivity contribution in [3.05, 3.63) is 58.4 Å². The Balaban J connectivity index is 1.57. The normalized spacial score (nSPS) is 11.3. The SMILES string of the molecule is Cc1cc(OCCCCn2c(CCCO)nc3ccccc32)cc(C)c1Cl. The van der Waals surface area contributed by atoms with Gasteiger partial charge in [0.05, 0.1) is 17.6 Å². The minimum absolute atomic E-state index is 0.191. The number of fused-ring (bicyclic) bond motifs is 1. The summed E-state index contributed by atoms with van der Waals surface area (Å²) in [5.74, 6) is 1.93. The fourth-order valence-electron chi connectivity index (χ4n) is 3.35. The molecule has 144 valence electrons. The Hall–Kier alpha value is -2.04. The summed E-state index contributed by atoms with van der Waals surface area (Å²) in [5.41, 5.74) is 4.28. The van der Waals surface area contributed by atoms with Crippen LogP contribution in [0.25, 0.3) is 11.0 Å². The first-order valence-corrected chi connectivity index (χ1v) is 9.92. The summed E-state index contributed by atoms with van der Waals surface area (Å²) in [5, 5.41) is 9.95. The Kier molecular flexibility index (Phi) is 6.75. The Morgan fingerprint density at radius 2 is 1.81 bits per heavy atom. The van der Waals surface area contributed by atoms with Crippen LogP contribution in [0.3, 0.4) is 0 Å². The summed E-state index contributed by atoms with van der Waals surface area (Å²) in [7, 11) is 0. The number of hydrogen-bond acceptors (Lipinski definition) is 3. The molecule has 3 rings (SSSR count).